The molecule has 0 aromatic carbocycles. The average Bonchev–Trinajstić information content (AvgIpc) is 2.76. The number of hydrogen-bond donors (Lipinski definition) is 1. The molecule has 0 spiro atoms. The fraction of sp³-hybridized carbons (Fsp3) is 1.00. The predicted octanol–water partition coefficient (Wildman–Crippen LogP) is 2.27. The van der Waals surface area contributed by atoms with Crippen LogP contribution in [-0.4, -0.2) is 30.6 Å². The third-order valence-electron chi connectivity index (χ3n) is 4.10. The minimum absolute atomic E-state index is 0. The summed E-state index contributed by atoms with van der Waals surface area (Å²) in [5, 5.41) is 0. The maximum Gasteiger partial charge on any atom is 0.0115 e. The van der Waals surface area contributed by atoms with Crippen molar-refractivity contribution >= 4 is 12.4 Å². The SMILES string of the molecule is CC1(CN2CCC(N)C(C)(C)C2)CC1.Cl. The van der Waals surface area contributed by atoms with Crippen molar-refractivity contribution in [1.29, 1.82) is 0 Å². The van der Waals surface area contributed by atoms with E-state index in [1.54, 1.807) is 0 Å². The van der Waals surface area contributed by atoms with Gasteiger partial charge in [-0.1, -0.05) is 20.8 Å². The lowest BCUT2D eigenvalue weighted by Crippen LogP contribution is -2.53. The van der Waals surface area contributed by atoms with Gasteiger partial charge in [0.25, 0.3) is 0 Å². The third kappa shape index (κ3) is 3.08. The van der Waals surface area contributed by atoms with E-state index in [4.69, 9.17) is 5.73 Å². The van der Waals surface area contributed by atoms with Gasteiger partial charge in [-0.3, -0.25) is 0 Å². The zero-order valence-electron chi connectivity index (χ0n) is 10.3. The summed E-state index contributed by atoms with van der Waals surface area (Å²) < 4.78 is 0. The predicted molar refractivity (Wildman–Crippen MR) is 67.4 cm³/mol. The highest BCUT2D eigenvalue weighted by atomic mass is 35.5. The maximum atomic E-state index is 6.13. The smallest absolute Gasteiger partial charge is 0.0115 e. The molecule has 2 aliphatic rings. The van der Waals surface area contributed by atoms with Crippen molar-refractivity contribution in [2.75, 3.05) is 19.6 Å². The molecule has 0 amide bonds. The summed E-state index contributed by atoms with van der Waals surface area (Å²) in [6.45, 7) is 10.7. The largest absolute Gasteiger partial charge is 0.327 e. The molecule has 3 heteroatoms. The van der Waals surface area contributed by atoms with E-state index in [2.05, 4.69) is 25.7 Å². The van der Waals surface area contributed by atoms with Crippen molar-refractivity contribution in [3.05, 3.63) is 0 Å². The van der Waals surface area contributed by atoms with Crippen molar-refractivity contribution in [1.82, 2.24) is 4.90 Å². The average molecular weight is 233 g/mol. The fourth-order valence-electron chi connectivity index (χ4n) is 2.53. The van der Waals surface area contributed by atoms with Crippen molar-refractivity contribution in [3.8, 4) is 0 Å². The summed E-state index contributed by atoms with van der Waals surface area (Å²) in [7, 11) is 0. The zero-order valence-corrected chi connectivity index (χ0v) is 11.1. The number of likely N-dealkylation sites (tertiary alicyclic amines) is 1. The van der Waals surface area contributed by atoms with Gasteiger partial charge >= 0.3 is 0 Å². The summed E-state index contributed by atoms with van der Waals surface area (Å²) in [4.78, 5) is 2.62. The number of rotatable bonds is 2. The Labute approximate surface area is 100.0 Å². The molecule has 2 nitrogen and oxygen atoms in total. The maximum absolute atomic E-state index is 6.13. The molecule has 2 N–H and O–H groups in total. The first-order valence-electron chi connectivity index (χ1n) is 5.89. The summed E-state index contributed by atoms with van der Waals surface area (Å²) in [6.07, 6.45) is 4.02. The van der Waals surface area contributed by atoms with Gasteiger partial charge in [0, 0.05) is 19.1 Å². The van der Waals surface area contributed by atoms with Crippen LogP contribution in [0, 0.1) is 10.8 Å². The number of hydrogen-bond acceptors (Lipinski definition) is 2. The minimum Gasteiger partial charge on any atom is -0.327 e. The van der Waals surface area contributed by atoms with Gasteiger partial charge in [0.15, 0.2) is 0 Å². The summed E-state index contributed by atoms with van der Waals surface area (Å²) >= 11 is 0. The molecule has 2 fully saturated rings. The van der Waals surface area contributed by atoms with E-state index in [0.29, 0.717) is 16.9 Å². The topological polar surface area (TPSA) is 29.3 Å². The van der Waals surface area contributed by atoms with Crippen LogP contribution in [0.25, 0.3) is 0 Å². The van der Waals surface area contributed by atoms with Crippen molar-refractivity contribution in [2.45, 2.75) is 46.1 Å². The van der Waals surface area contributed by atoms with Crippen molar-refractivity contribution in [3.63, 3.8) is 0 Å². The molecule has 1 heterocycles. The van der Waals surface area contributed by atoms with Gasteiger partial charge in [-0.2, -0.15) is 0 Å². The molecule has 0 radical (unpaired) electrons. The summed E-state index contributed by atoms with van der Waals surface area (Å²) in [6, 6.07) is 0.394. The Hall–Kier alpha value is 0.210. The van der Waals surface area contributed by atoms with E-state index in [9.17, 15) is 0 Å². The van der Waals surface area contributed by atoms with Crippen LogP contribution in [0.4, 0.5) is 0 Å². The van der Waals surface area contributed by atoms with Gasteiger partial charge in [-0.25, -0.2) is 0 Å². The Morgan fingerprint density at radius 1 is 1.27 bits per heavy atom. The lowest BCUT2D eigenvalue weighted by Gasteiger charge is -2.43. The first-order chi connectivity index (χ1) is 6.41. The highest BCUT2D eigenvalue weighted by Gasteiger charge is 2.41. The van der Waals surface area contributed by atoms with Crippen LogP contribution in [0.2, 0.25) is 0 Å². The molecule has 0 bridgehead atoms. The number of piperidine rings is 1. The molecule has 0 aromatic heterocycles. The van der Waals surface area contributed by atoms with Gasteiger partial charge in [-0.05, 0) is 36.6 Å². The van der Waals surface area contributed by atoms with Crippen molar-refractivity contribution in [2.24, 2.45) is 16.6 Å². The molecule has 0 aromatic rings. The van der Waals surface area contributed by atoms with Crippen LogP contribution >= 0.6 is 12.4 Å². The van der Waals surface area contributed by atoms with Gasteiger partial charge < -0.3 is 10.6 Å². The van der Waals surface area contributed by atoms with Crippen LogP contribution < -0.4 is 5.73 Å². The second-order valence-corrected chi connectivity index (χ2v) is 6.41. The minimum atomic E-state index is 0. The highest BCUT2D eigenvalue weighted by Crippen LogP contribution is 2.46. The second-order valence-electron chi connectivity index (χ2n) is 6.41. The monoisotopic (exact) mass is 232 g/mol. The van der Waals surface area contributed by atoms with Crippen LogP contribution in [0.1, 0.15) is 40.0 Å². The molecule has 90 valence electrons. The third-order valence-corrected chi connectivity index (χ3v) is 4.10. The molecule has 2 rings (SSSR count). The number of nitrogens with zero attached hydrogens (tertiary/aromatic N) is 1. The first-order valence-corrected chi connectivity index (χ1v) is 5.89. The van der Waals surface area contributed by atoms with Gasteiger partial charge in [0.05, 0.1) is 0 Å². The van der Waals surface area contributed by atoms with E-state index in [-0.39, 0.29) is 12.4 Å². The van der Waals surface area contributed by atoms with Gasteiger partial charge in [0.2, 0.25) is 0 Å². The molecule has 1 aliphatic heterocycles. The summed E-state index contributed by atoms with van der Waals surface area (Å²) in [5.41, 5.74) is 7.09. The Morgan fingerprint density at radius 2 is 1.87 bits per heavy atom. The van der Waals surface area contributed by atoms with Crippen molar-refractivity contribution < 1.29 is 0 Å². The molecule has 1 atom stereocenters. The van der Waals surface area contributed by atoms with E-state index < -0.39 is 0 Å². The molecule has 1 saturated heterocycles. The standard InChI is InChI=1S/C12H24N2.ClH/c1-11(2)8-14(7-4-10(11)13)9-12(3)5-6-12;/h10H,4-9,13H2,1-3H3;1H. The van der Waals surface area contributed by atoms with E-state index >= 15 is 0 Å². The van der Waals surface area contributed by atoms with Crippen LogP contribution in [0.15, 0.2) is 0 Å². The first kappa shape index (κ1) is 13.3. The Kier molecular flexibility index (Phi) is 3.74. The Balaban J connectivity index is 0.00000112. The summed E-state index contributed by atoms with van der Waals surface area (Å²) in [5.74, 6) is 0. The second kappa shape index (κ2) is 4.23. The van der Waals surface area contributed by atoms with Gasteiger partial charge in [0.1, 0.15) is 0 Å². The number of nitrogens with two attached hydrogens (primary N) is 1. The van der Waals surface area contributed by atoms with E-state index in [1.807, 2.05) is 0 Å². The lowest BCUT2D eigenvalue weighted by molar-refractivity contribution is 0.0808. The van der Waals surface area contributed by atoms with E-state index in [0.717, 1.165) is 0 Å². The fourth-order valence-corrected chi connectivity index (χ4v) is 2.53. The van der Waals surface area contributed by atoms with Crippen LogP contribution in [0.3, 0.4) is 0 Å². The van der Waals surface area contributed by atoms with E-state index in [1.165, 1.54) is 38.9 Å². The highest BCUT2D eigenvalue weighted by molar-refractivity contribution is 5.85. The number of halogens is 1. The van der Waals surface area contributed by atoms with Gasteiger partial charge in [-0.15, -0.1) is 12.4 Å². The molecule has 1 aliphatic carbocycles. The zero-order chi connectivity index (χ0) is 10.4. The normalized spacial score (nSPS) is 33.2. The quantitative estimate of drug-likeness (QED) is 0.792. The van der Waals surface area contributed by atoms with Crippen LogP contribution in [0.5, 0.6) is 0 Å². The molecular weight excluding hydrogens is 208 g/mol. The molecule has 1 saturated carbocycles. The molecule has 1 unspecified atom stereocenters. The Bertz CT molecular complexity index is 224. The Morgan fingerprint density at radius 3 is 2.33 bits per heavy atom. The molecular formula is C12H25ClN2. The molecule has 15 heavy (non-hydrogen) atoms. The lowest BCUT2D eigenvalue weighted by atomic mass is 9.79. The van der Waals surface area contributed by atoms with Crippen LogP contribution in [-0.2, 0) is 0 Å².